The van der Waals surface area contributed by atoms with Gasteiger partial charge in [0.15, 0.2) is 0 Å². The van der Waals surface area contributed by atoms with Crippen molar-refractivity contribution in [1.82, 2.24) is 4.90 Å². The summed E-state index contributed by atoms with van der Waals surface area (Å²) in [7, 11) is 2.04. The fraction of sp³-hybridized carbons (Fsp3) is 0.533. The Balaban J connectivity index is 2.17. The van der Waals surface area contributed by atoms with Gasteiger partial charge >= 0.3 is 0 Å². The highest BCUT2D eigenvalue weighted by molar-refractivity contribution is 7.80. The molecule has 20 heavy (non-hydrogen) atoms. The van der Waals surface area contributed by atoms with Crippen molar-refractivity contribution in [3.63, 3.8) is 0 Å². The zero-order chi connectivity index (χ0) is 14.7. The summed E-state index contributed by atoms with van der Waals surface area (Å²) < 4.78 is 13.4. The first-order chi connectivity index (χ1) is 9.52. The lowest BCUT2D eigenvalue weighted by Crippen LogP contribution is -2.43. The molecule has 1 saturated heterocycles. The summed E-state index contributed by atoms with van der Waals surface area (Å²) in [4.78, 5) is 4.89. The largest absolute Gasteiger partial charge is 0.389 e. The molecule has 1 fully saturated rings. The first-order valence-corrected chi connectivity index (χ1v) is 7.48. The second kappa shape index (κ2) is 6.50. The van der Waals surface area contributed by atoms with E-state index in [4.69, 9.17) is 18.0 Å². The van der Waals surface area contributed by atoms with Crippen LogP contribution in [-0.2, 0) is 0 Å². The molecular formula is C15H22FN3S. The summed E-state index contributed by atoms with van der Waals surface area (Å²) in [6.45, 7) is 5.50. The van der Waals surface area contributed by atoms with Crippen molar-refractivity contribution in [2.24, 2.45) is 5.73 Å². The molecule has 1 heterocycles. The molecule has 0 amide bonds. The van der Waals surface area contributed by atoms with E-state index in [1.54, 1.807) is 6.07 Å². The van der Waals surface area contributed by atoms with Crippen LogP contribution in [0.1, 0.15) is 25.3 Å². The molecule has 0 saturated carbocycles. The third kappa shape index (κ3) is 3.27. The van der Waals surface area contributed by atoms with Gasteiger partial charge < -0.3 is 15.5 Å². The Labute approximate surface area is 125 Å². The summed E-state index contributed by atoms with van der Waals surface area (Å²) in [5.74, 6) is -0.300. The van der Waals surface area contributed by atoms with Crippen LogP contribution in [0.25, 0.3) is 0 Å². The van der Waals surface area contributed by atoms with E-state index in [1.807, 2.05) is 7.05 Å². The van der Waals surface area contributed by atoms with Crippen LogP contribution in [0.5, 0.6) is 0 Å². The lowest BCUT2D eigenvalue weighted by Gasteiger charge is -2.38. The lowest BCUT2D eigenvalue weighted by molar-refractivity contribution is 0.221. The number of halogens is 1. The maximum Gasteiger partial charge on any atom is 0.124 e. The predicted molar refractivity (Wildman–Crippen MR) is 85.8 cm³/mol. The Morgan fingerprint density at radius 1 is 1.45 bits per heavy atom. The van der Waals surface area contributed by atoms with Crippen molar-refractivity contribution < 1.29 is 4.39 Å². The molecule has 2 rings (SSSR count). The molecule has 0 bridgehead atoms. The molecule has 1 aromatic carbocycles. The van der Waals surface area contributed by atoms with Gasteiger partial charge in [-0.2, -0.15) is 0 Å². The van der Waals surface area contributed by atoms with Crippen molar-refractivity contribution in [3.05, 3.63) is 29.6 Å². The second-order valence-corrected chi connectivity index (χ2v) is 5.74. The summed E-state index contributed by atoms with van der Waals surface area (Å²) in [5.41, 5.74) is 7.27. The van der Waals surface area contributed by atoms with Gasteiger partial charge in [0.1, 0.15) is 10.8 Å². The molecule has 110 valence electrons. The molecule has 1 aliphatic heterocycles. The first-order valence-electron chi connectivity index (χ1n) is 7.07. The van der Waals surface area contributed by atoms with Gasteiger partial charge in [-0.3, -0.25) is 0 Å². The minimum absolute atomic E-state index is 0.248. The van der Waals surface area contributed by atoms with E-state index >= 15 is 0 Å². The van der Waals surface area contributed by atoms with Crippen molar-refractivity contribution >= 4 is 22.9 Å². The highest BCUT2D eigenvalue weighted by atomic mass is 32.1. The number of likely N-dealkylation sites (tertiary alicyclic amines) is 1. The predicted octanol–water partition coefficient (Wildman–Crippen LogP) is 2.38. The van der Waals surface area contributed by atoms with Gasteiger partial charge in [-0.05, 0) is 37.6 Å². The summed E-state index contributed by atoms with van der Waals surface area (Å²) in [5, 5.41) is 0. The van der Waals surface area contributed by atoms with E-state index in [1.165, 1.54) is 12.1 Å². The van der Waals surface area contributed by atoms with Crippen LogP contribution in [0.4, 0.5) is 10.1 Å². The number of nitrogens with zero attached hydrogens (tertiary/aromatic N) is 2. The molecule has 0 aliphatic carbocycles. The monoisotopic (exact) mass is 295 g/mol. The Morgan fingerprint density at radius 2 is 2.10 bits per heavy atom. The van der Waals surface area contributed by atoms with Crippen molar-refractivity contribution in [2.75, 3.05) is 31.6 Å². The third-order valence-electron chi connectivity index (χ3n) is 4.16. The van der Waals surface area contributed by atoms with E-state index < -0.39 is 0 Å². The zero-order valence-corrected chi connectivity index (χ0v) is 12.9. The van der Waals surface area contributed by atoms with Gasteiger partial charge in [0.2, 0.25) is 0 Å². The van der Waals surface area contributed by atoms with Gasteiger partial charge in [0.05, 0.1) is 0 Å². The van der Waals surface area contributed by atoms with Crippen molar-refractivity contribution in [3.8, 4) is 0 Å². The summed E-state index contributed by atoms with van der Waals surface area (Å²) in [6, 6.07) is 5.12. The van der Waals surface area contributed by atoms with Crippen LogP contribution in [-0.4, -0.2) is 42.6 Å². The van der Waals surface area contributed by atoms with Crippen LogP contribution < -0.4 is 10.6 Å². The molecule has 3 nitrogen and oxygen atoms in total. The highest BCUT2D eigenvalue weighted by Gasteiger charge is 2.23. The van der Waals surface area contributed by atoms with Gasteiger partial charge in [0, 0.05) is 37.4 Å². The molecule has 5 heteroatoms. The molecule has 0 unspecified atom stereocenters. The molecule has 0 radical (unpaired) electrons. The highest BCUT2D eigenvalue weighted by Crippen LogP contribution is 2.26. The smallest absolute Gasteiger partial charge is 0.124 e. The van der Waals surface area contributed by atoms with Gasteiger partial charge in [-0.25, -0.2) is 4.39 Å². The normalized spacial score (nSPS) is 17.1. The number of anilines is 1. The van der Waals surface area contributed by atoms with Crippen LogP contribution in [0.2, 0.25) is 0 Å². The van der Waals surface area contributed by atoms with Crippen LogP contribution in [0, 0.1) is 5.82 Å². The Bertz CT molecular complexity index is 484. The Morgan fingerprint density at radius 3 is 2.65 bits per heavy atom. The number of thiocarbonyl (C=S) groups is 1. The molecule has 1 aliphatic rings. The van der Waals surface area contributed by atoms with E-state index in [0.29, 0.717) is 11.6 Å². The molecule has 2 N–H and O–H groups in total. The maximum absolute atomic E-state index is 13.4. The molecular weight excluding hydrogens is 273 g/mol. The Kier molecular flexibility index (Phi) is 4.94. The Hall–Kier alpha value is -1.20. The molecule has 0 spiro atoms. The number of hydrogen-bond donors (Lipinski definition) is 1. The molecule has 1 aromatic rings. The van der Waals surface area contributed by atoms with E-state index in [9.17, 15) is 4.39 Å². The molecule has 0 atom stereocenters. The fourth-order valence-electron chi connectivity index (χ4n) is 2.83. The van der Waals surface area contributed by atoms with Crippen LogP contribution in [0.3, 0.4) is 0 Å². The zero-order valence-electron chi connectivity index (χ0n) is 12.1. The minimum Gasteiger partial charge on any atom is -0.389 e. The first kappa shape index (κ1) is 15.2. The minimum atomic E-state index is -0.300. The number of hydrogen-bond acceptors (Lipinski definition) is 3. The maximum atomic E-state index is 13.4. The average Bonchev–Trinajstić information content (AvgIpc) is 2.46. The van der Waals surface area contributed by atoms with Gasteiger partial charge in [0.25, 0.3) is 0 Å². The lowest BCUT2D eigenvalue weighted by atomic mass is 10.0. The average molecular weight is 295 g/mol. The number of rotatable bonds is 4. The van der Waals surface area contributed by atoms with Crippen molar-refractivity contribution in [1.29, 1.82) is 0 Å². The van der Waals surface area contributed by atoms with Gasteiger partial charge in [-0.1, -0.05) is 19.1 Å². The number of benzene rings is 1. The number of nitrogens with two attached hydrogens (primary N) is 1. The third-order valence-corrected chi connectivity index (χ3v) is 4.38. The quantitative estimate of drug-likeness (QED) is 0.865. The van der Waals surface area contributed by atoms with E-state index in [2.05, 4.69) is 16.7 Å². The molecule has 0 aromatic heterocycles. The van der Waals surface area contributed by atoms with Gasteiger partial charge in [-0.15, -0.1) is 0 Å². The van der Waals surface area contributed by atoms with Crippen molar-refractivity contribution in [2.45, 2.75) is 25.8 Å². The van der Waals surface area contributed by atoms with Crippen LogP contribution in [0.15, 0.2) is 18.2 Å². The summed E-state index contributed by atoms with van der Waals surface area (Å²) >= 11 is 5.04. The van der Waals surface area contributed by atoms with E-state index in [0.717, 1.165) is 38.2 Å². The van der Waals surface area contributed by atoms with Crippen LogP contribution >= 0.6 is 12.2 Å². The standard InChI is InChI=1S/C15H22FN3S/c1-3-19-8-6-12(7-9-19)18(2)14-5-4-11(16)10-13(14)15(17)20/h4-5,10,12H,3,6-9H2,1-2H3,(H2,17,20). The topological polar surface area (TPSA) is 32.5 Å². The number of piperidine rings is 1. The second-order valence-electron chi connectivity index (χ2n) is 5.30. The van der Waals surface area contributed by atoms with E-state index in [-0.39, 0.29) is 10.8 Å². The summed E-state index contributed by atoms with van der Waals surface area (Å²) in [6.07, 6.45) is 2.22. The SMILES string of the molecule is CCN1CCC(N(C)c2ccc(F)cc2C(N)=S)CC1. The fourth-order valence-corrected chi connectivity index (χ4v) is 3.00.